The highest BCUT2D eigenvalue weighted by molar-refractivity contribution is 5.18. The molecule has 0 amide bonds. The molecule has 1 unspecified atom stereocenters. The van der Waals surface area contributed by atoms with Crippen LogP contribution >= 0.6 is 0 Å². The first-order valence-electron chi connectivity index (χ1n) is 3.79. The summed E-state index contributed by atoms with van der Waals surface area (Å²) < 4.78 is 0. The van der Waals surface area contributed by atoms with E-state index in [0.29, 0.717) is 0 Å². The van der Waals surface area contributed by atoms with Gasteiger partial charge in [-0.25, -0.2) is 0 Å². The van der Waals surface area contributed by atoms with Gasteiger partial charge in [0.15, 0.2) is 0 Å². The Labute approximate surface area is 67.4 Å². The van der Waals surface area contributed by atoms with Crippen LogP contribution in [0.2, 0.25) is 0 Å². The molecule has 0 spiro atoms. The molecule has 1 atom stereocenters. The Morgan fingerprint density at radius 2 is 2.00 bits per heavy atom. The van der Waals surface area contributed by atoms with Gasteiger partial charge in [0, 0.05) is 12.6 Å². The zero-order valence-corrected chi connectivity index (χ0v) is 6.75. The van der Waals surface area contributed by atoms with Crippen LogP contribution in [0.15, 0.2) is 30.3 Å². The first-order valence-corrected chi connectivity index (χ1v) is 3.79. The topological polar surface area (TPSA) is 38.0 Å². The molecule has 0 saturated heterocycles. The van der Waals surface area contributed by atoms with Crippen LogP contribution in [0.1, 0.15) is 11.6 Å². The van der Waals surface area contributed by atoms with E-state index >= 15 is 0 Å². The van der Waals surface area contributed by atoms with Crippen molar-refractivity contribution in [3.8, 4) is 0 Å². The van der Waals surface area contributed by atoms with Gasteiger partial charge >= 0.3 is 0 Å². The normalized spacial score (nSPS) is 12.9. The highest BCUT2D eigenvalue weighted by Crippen LogP contribution is 2.07. The summed E-state index contributed by atoms with van der Waals surface area (Å²) in [4.78, 5) is 0. The second-order valence-electron chi connectivity index (χ2n) is 2.57. The summed E-state index contributed by atoms with van der Waals surface area (Å²) in [5.41, 5.74) is 7.03. The molecule has 2 nitrogen and oxygen atoms in total. The summed E-state index contributed by atoms with van der Waals surface area (Å²) in [5.74, 6) is 0. The Kier molecular flexibility index (Phi) is 3.08. The van der Waals surface area contributed by atoms with E-state index in [1.807, 2.05) is 37.4 Å². The Bertz CT molecular complexity index is 196. The average molecular weight is 150 g/mol. The number of benzene rings is 1. The standard InChI is InChI=1S/C9H14N2/c1-11-7-9(10)8-5-3-2-4-6-8/h2-6,9,11H,7,10H2,1H3. The Morgan fingerprint density at radius 3 is 2.55 bits per heavy atom. The average Bonchev–Trinajstić information content (AvgIpc) is 2.07. The summed E-state index contributed by atoms with van der Waals surface area (Å²) in [5, 5.41) is 3.04. The van der Waals surface area contributed by atoms with Crippen molar-refractivity contribution in [3.05, 3.63) is 35.9 Å². The number of nitrogens with one attached hydrogen (secondary N) is 1. The van der Waals surface area contributed by atoms with Crippen molar-refractivity contribution in [2.45, 2.75) is 6.04 Å². The number of rotatable bonds is 3. The van der Waals surface area contributed by atoms with Gasteiger partial charge in [0.2, 0.25) is 0 Å². The summed E-state index contributed by atoms with van der Waals surface area (Å²) in [6.07, 6.45) is 0. The number of likely N-dealkylation sites (N-methyl/N-ethyl adjacent to an activating group) is 1. The molecule has 0 aliphatic carbocycles. The quantitative estimate of drug-likeness (QED) is 0.672. The van der Waals surface area contributed by atoms with Crippen LogP contribution in [0, 0.1) is 0 Å². The molecule has 0 radical (unpaired) electrons. The minimum atomic E-state index is 0.112. The molecule has 1 rings (SSSR count). The molecule has 1 aromatic carbocycles. The molecule has 0 aromatic heterocycles. The fourth-order valence-electron chi connectivity index (χ4n) is 1.04. The van der Waals surface area contributed by atoms with E-state index in [4.69, 9.17) is 5.73 Å². The van der Waals surface area contributed by atoms with Crippen LogP contribution < -0.4 is 11.1 Å². The van der Waals surface area contributed by atoms with Gasteiger partial charge in [-0.05, 0) is 12.6 Å². The van der Waals surface area contributed by atoms with E-state index in [-0.39, 0.29) is 6.04 Å². The largest absolute Gasteiger partial charge is 0.323 e. The molecule has 11 heavy (non-hydrogen) atoms. The van der Waals surface area contributed by atoms with Crippen LogP contribution in [0.3, 0.4) is 0 Å². The zero-order chi connectivity index (χ0) is 8.10. The smallest absolute Gasteiger partial charge is 0.0421 e. The lowest BCUT2D eigenvalue weighted by Gasteiger charge is -2.09. The molecule has 60 valence electrons. The van der Waals surface area contributed by atoms with Gasteiger partial charge in [-0.15, -0.1) is 0 Å². The maximum Gasteiger partial charge on any atom is 0.0421 e. The third kappa shape index (κ3) is 2.33. The summed E-state index contributed by atoms with van der Waals surface area (Å²) in [6.45, 7) is 0.823. The minimum Gasteiger partial charge on any atom is -0.323 e. The van der Waals surface area contributed by atoms with E-state index in [1.165, 1.54) is 5.56 Å². The third-order valence-corrected chi connectivity index (χ3v) is 1.65. The summed E-state index contributed by atoms with van der Waals surface area (Å²) in [7, 11) is 1.91. The lowest BCUT2D eigenvalue weighted by Crippen LogP contribution is -2.23. The lowest BCUT2D eigenvalue weighted by atomic mass is 10.1. The van der Waals surface area contributed by atoms with Crippen molar-refractivity contribution in [1.82, 2.24) is 5.32 Å². The molecule has 2 heteroatoms. The zero-order valence-electron chi connectivity index (χ0n) is 6.75. The van der Waals surface area contributed by atoms with E-state index in [9.17, 15) is 0 Å². The molecule has 0 saturated carbocycles. The molecular formula is C9H14N2. The van der Waals surface area contributed by atoms with E-state index in [1.54, 1.807) is 0 Å². The van der Waals surface area contributed by atoms with Crippen LogP contribution in [0.25, 0.3) is 0 Å². The second kappa shape index (κ2) is 4.11. The highest BCUT2D eigenvalue weighted by Gasteiger charge is 2.01. The maximum absolute atomic E-state index is 5.84. The van der Waals surface area contributed by atoms with Crippen LogP contribution in [-0.4, -0.2) is 13.6 Å². The van der Waals surface area contributed by atoms with Gasteiger partial charge in [0.1, 0.15) is 0 Å². The van der Waals surface area contributed by atoms with Gasteiger partial charge in [0.25, 0.3) is 0 Å². The van der Waals surface area contributed by atoms with Crippen molar-refractivity contribution in [3.63, 3.8) is 0 Å². The van der Waals surface area contributed by atoms with Gasteiger partial charge in [0.05, 0.1) is 0 Å². The van der Waals surface area contributed by atoms with Gasteiger partial charge < -0.3 is 11.1 Å². The van der Waals surface area contributed by atoms with Crippen molar-refractivity contribution >= 4 is 0 Å². The first-order chi connectivity index (χ1) is 5.34. The van der Waals surface area contributed by atoms with Crippen molar-refractivity contribution in [2.24, 2.45) is 5.73 Å². The molecule has 0 fully saturated rings. The van der Waals surface area contributed by atoms with Gasteiger partial charge in [-0.2, -0.15) is 0 Å². The number of hydrogen-bond acceptors (Lipinski definition) is 2. The Balaban J connectivity index is 2.61. The molecule has 0 heterocycles. The fourth-order valence-corrected chi connectivity index (χ4v) is 1.04. The number of hydrogen-bond donors (Lipinski definition) is 2. The second-order valence-corrected chi connectivity index (χ2v) is 2.57. The van der Waals surface area contributed by atoms with Crippen LogP contribution in [0.4, 0.5) is 0 Å². The molecule has 0 aliphatic heterocycles. The van der Waals surface area contributed by atoms with E-state index in [0.717, 1.165) is 6.54 Å². The molecule has 1 aromatic rings. The Morgan fingerprint density at radius 1 is 1.36 bits per heavy atom. The lowest BCUT2D eigenvalue weighted by molar-refractivity contribution is 0.653. The summed E-state index contributed by atoms with van der Waals surface area (Å²) >= 11 is 0. The van der Waals surface area contributed by atoms with Crippen molar-refractivity contribution < 1.29 is 0 Å². The minimum absolute atomic E-state index is 0.112. The monoisotopic (exact) mass is 150 g/mol. The van der Waals surface area contributed by atoms with Crippen LogP contribution in [-0.2, 0) is 0 Å². The molecule has 0 bridgehead atoms. The third-order valence-electron chi connectivity index (χ3n) is 1.65. The SMILES string of the molecule is CNCC(N)c1ccccc1. The number of nitrogens with two attached hydrogens (primary N) is 1. The molecular weight excluding hydrogens is 136 g/mol. The highest BCUT2D eigenvalue weighted by atomic mass is 14.9. The van der Waals surface area contributed by atoms with Gasteiger partial charge in [-0.1, -0.05) is 30.3 Å². The van der Waals surface area contributed by atoms with Crippen LogP contribution in [0.5, 0.6) is 0 Å². The predicted molar refractivity (Wildman–Crippen MR) is 47.3 cm³/mol. The van der Waals surface area contributed by atoms with Crippen molar-refractivity contribution in [2.75, 3.05) is 13.6 Å². The fraction of sp³-hybridized carbons (Fsp3) is 0.333. The first kappa shape index (κ1) is 8.24. The van der Waals surface area contributed by atoms with Crippen molar-refractivity contribution in [1.29, 1.82) is 0 Å². The predicted octanol–water partition coefficient (Wildman–Crippen LogP) is 0.906. The molecule has 3 N–H and O–H groups in total. The summed E-state index contributed by atoms with van der Waals surface area (Å²) in [6, 6.07) is 10.2. The van der Waals surface area contributed by atoms with E-state index < -0.39 is 0 Å². The van der Waals surface area contributed by atoms with Gasteiger partial charge in [-0.3, -0.25) is 0 Å². The Hall–Kier alpha value is -0.860. The van der Waals surface area contributed by atoms with E-state index in [2.05, 4.69) is 5.32 Å². The maximum atomic E-state index is 5.84. The molecule has 0 aliphatic rings.